The largest absolute Gasteiger partial charge is 0.481 e. The van der Waals surface area contributed by atoms with Gasteiger partial charge in [-0.15, -0.1) is 0 Å². The van der Waals surface area contributed by atoms with Crippen molar-refractivity contribution in [2.75, 3.05) is 6.61 Å². The van der Waals surface area contributed by atoms with Gasteiger partial charge in [-0.25, -0.2) is 0 Å². The fraction of sp³-hybridized carbons (Fsp3) is 0.938. The standard InChI is InChI=1S/C16H32O5/c17-13-9-5-4-7-11-15(19)14(18)10-6-2-1-3-8-12-16(20)21/h14-15,17-19H,1-13H2,(H,20,21)/t14-,15+/m0/s1. The van der Waals surface area contributed by atoms with E-state index in [1.165, 1.54) is 0 Å². The van der Waals surface area contributed by atoms with Gasteiger partial charge in [-0.3, -0.25) is 4.79 Å². The quantitative estimate of drug-likeness (QED) is 0.348. The highest BCUT2D eigenvalue weighted by atomic mass is 16.4. The molecule has 0 saturated heterocycles. The lowest BCUT2D eigenvalue weighted by molar-refractivity contribution is -0.137. The molecule has 0 amide bonds. The van der Waals surface area contributed by atoms with E-state index in [4.69, 9.17) is 10.2 Å². The zero-order valence-corrected chi connectivity index (χ0v) is 13.0. The van der Waals surface area contributed by atoms with Crippen LogP contribution in [-0.4, -0.2) is 45.2 Å². The first-order valence-corrected chi connectivity index (χ1v) is 8.26. The maximum Gasteiger partial charge on any atom is 0.303 e. The van der Waals surface area contributed by atoms with Crippen LogP contribution in [-0.2, 0) is 4.79 Å². The Morgan fingerprint density at radius 3 is 1.62 bits per heavy atom. The molecule has 0 rings (SSSR count). The highest BCUT2D eigenvalue weighted by molar-refractivity contribution is 5.66. The molecule has 0 aliphatic heterocycles. The topological polar surface area (TPSA) is 98.0 Å². The van der Waals surface area contributed by atoms with Crippen LogP contribution in [0.3, 0.4) is 0 Å². The lowest BCUT2D eigenvalue weighted by Gasteiger charge is -2.17. The summed E-state index contributed by atoms with van der Waals surface area (Å²) >= 11 is 0. The summed E-state index contributed by atoms with van der Waals surface area (Å²) in [7, 11) is 0. The van der Waals surface area contributed by atoms with Crippen LogP contribution in [0.5, 0.6) is 0 Å². The molecule has 0 aromatic heterocycles. The lowest BCUT2D eigenvalue weighted by Crippen LogP contribution is -2.25. The van der Waals surface area contributed by atoms with Crippen molar-refractivity contribution in [1.82, 2.24) is 0 Å². The summed E-state index contributed by atoms with van der Waals surface area (Å²) in [5.41, 5.74) is 0. The van der Waals surface area contributed by atoms with Gasteiger partial charge in [0.15, 0.2) is 0 Å². The van der Waals surface area contributed by atoms with Crippen LogP contribution in [0.2, 0.25) is 0 Å². The Balaban J connectivity index is 3.38. The van der Waals surface area contributed by atoms with Crippen LogP contribution in [0.1, 0.15) is 77.0 Å². The van der Waals surface area contributed by atoms with Crippen molar-refractivity contribution in [3.8, 4) is 0 Å². The summed E-state index contributed by atoms with van der Waals surface area (Å²) in [5.74, 6) is -0.743. The summed E-state index contributed by atoms with van der Waals surface area (Å²) in [6.45, 7) is 0.220. The van der Waals surface area contributed by atoms with E-state index in [9.17, 15) is 15.0 Å². The van der Waals surface area contributed by atoms with E-state index in [1.807, 2.05) is 0 Å². The van der Waals surface area contributed by atoms with E-state index in [0.29, 0.717) is 19.3 Å². The minimum Gasteiger partial charge on any atom is -0.481 e. The molecule has 0 aromatic carbocycles. The van der Waals surface area contributed by atoms with Gasteiger partial charge in [0.2, 0.25) is 0 Å². The van der Waals surface area contributed by atoms with Crippen molar-refractivity contribution in [1.29, 1.82) is 0 Å². The molecule has 126 valence electrons. The number of aliphatic hydroxyl groups is 3. The highest BCUT2D eigenvalue weighted by Crippen LogP contribution is 2.14. The first kappa shape index (κ1) is 20.3. The second-order valence-corrected chi connectivity index (χ2v) is 5.76. The second-order valence-electron chi connectivity index (χ2n) is 5.76. The van der Waals surface area contributed by atoms with E-state index in [2.05, 4.69) is 0 Å². The molecule has 0 aliphatic carbocycles. The minimum absolute atomic E-state index is 0.220. The molecule has 21 heavy (non-hydrogen) atoms. The van der Waals surface area contributed by atoms with Crippen LogP contribution in [0, 0.1) is 0 Å². The highest BCUT2D eigenvalue weighted by Gasteiger charge is 2.15. The minimum atomic E-state index is -0.743. The molecular weight excluding hydrogens is 272 g/mol. The third-order valence-electron chi connectivity index (χ3n) is 3.74. The van der Waals surface area contributed by atoms with Crippen molar-refractivity contribution in [2.24, 2.45) is 0 Å². The Labute approximate surface area is 128 Å². The number of hydrogen-bond acceptors (Lipinski definition) is 4. The van der Waals surface area contributed by atoms with Crippen molar-refractivity contribution in [2.45, 2.75) is 89.3 Å². The van der Waals surface area contributed by atoms with Crippen LogP contribution < -0.4 is 0 Å². The molecule has 0 heterocycles. The Morgan fingerprint density at radius 2 is 1.14 bits per heavy atom. The third kappa shape index (κ3) is 14.1. The first-order chi connectivity index (χ1) is 10.1. The molecule has 0 bridgehead atoms. The molecule has 5 nitrogen and oxygen atoms in total. The van der Waals surface area contributed by atoms with Crippen LogP contribution in [0.4, 0.5) is 0 Å². The summed E-state index contributed by atoms with van der Waals surface area (Å²) in [4.78, 5) is 10.3. The first-order valence-electron chi connectivity index (χ1n) is 8.26. The average molecular weight is 304 g/mol. The van der Waals surface area contributed by atoms with Gasteiger partial charge < -0.3 is 20.4 Å². The summed E-state index contributed by atoms with van der Waals surface area (Å²) in [6, 6.07) is 0. The zero-order chi connectivity index (χ0) is 15.9. The predicted molar refractivity (Wildman–Crippen MR) is 82.1 cm³/mol. The fourth-order valence-electron chi connectivity index (χ4n) is 2.36. The number of aliphatic carboxylic acids is 1. The second kappa shape index (κ2) is 14.3. The smallest absolute Gasteiger partial charge is 0.303 e. The van der Waals surface area contributed by atoms with Crippen LogP contribution in [0.25, 0.3) is 0 Å². The molecule has 0 radical (unpaired) electrons. The van der Waals surface area contributed by atoms with Crippen LogP contribution >= 0.6 is 0 Å². The van der Waals surface area contributed by atoms with Crippen molar-refractivity contribution >= 4 is 5.97 Å². The molecule has 5 heteroatoms. The molecule has 0 unspecified atom stereocenters. The zero-order valence-electron chi connectivity index (χ0n) is 13.0. The number of carboxylic acids is 1. The van der Waals surface area contributed by atoms with Crippen LogP contribution in [0.15, 0.2) is 0 Å². The van der Waals surface area contributed by atoms with Gasteiger partial charge in [-0.05, 0) is 25.7 Å². The van der Waals surface area contributed by atoms with Crippen molar-refractivity contribution in [3.05, 3.63) is 0 Å². The third-order valence-corrected chi connectivity index (χ3v) is 3.74. The van der Waals surface area contributed by atoms with E-state index in [0.717, 1.165) is 51.4 Å². The molecule has 0 aliphatic rings. The van der Waals surface area contributed by atoms with Gasteiger partial charge in [0.25, 0.3) is 0 Å². The lowest BCUT2D eigenvalue weighted by atomic mass is 10.00. The van der Waals surface area contributed by atoms with Crippen molar-refractivity contribution < 1.29 is 25.2 Å². The molecule has 0 spiro atoms. The molecule has 0 aromatic rings. The molecule has 4 N–H and O–H groups in total. The fourth-order valence-corrected chi connectivity index (χ4v) is 2.36. The molecule has 0 saturated carbocycles. The SMILES string of the molecule is O=C(O)CCCCCCC[C@H](O)[C@H](O)CCCCCCO. The van der Waals surface area contributed by atoms with E-state index >= 15 is 0 Å². The van der Waals surface area contributed by atoms with Gasteiger partial charge in [0.1, 0.15) is 0 Å². The van der Waals surface area contributed by atoms with Gasteiger partial charge in [0, 0.05) is 13.0 Å². The van der Waals surface area contributed by atoms with Gasteiger partial charge >= 0.3 is 5.97 Å². The molecular formula is C16H32O5. The maximum atomic E-state index is 10.3. The number of hydrogen-bond donors (Lipinski definition) is 4. The number of rotatable bonds is 15. The van der Waals surface area contributed by atoms with E-state index in [-0.39, 0.29) is 13.0 Å². The maximum absolute atomic E-state index is 10.3. The number of unbranched alkanes of at least 4 members (excludes halogenated alkanes) is 7. The van der Waals surface area contributed by atoms with Gasteiger partial charge in [0.05, 0.1) is 12.2 Å². The number of aliphatic hydroxyl groups excluding tert-OH is 3. The Bertz CT molecular complexity index is 245. The Kier molecular flexibility index (Phi) is 13.9. The molecule has 2 atom stereocenters. The van der Waals surface area contributed by atoms with Gasteiger partial charge in [-0.2, -0.15) is 0 Å². The summed E-state index contributed by atoms with van der Waals surface area (Å²) < 4.78 is 0. The average Bonchev–Trinajstić information content (AvgIpc) is 2.45. The Hall–Kier alpha value is -0.650. The van der Waals surface area contributed by atoms with E-state index < -0.39 is 18.2 Å². The normalized spacial score (nSPS) is 14.0. The Morgan fingerprint density at radius 1 is 0.714 bits per heavy atom. The monoisotopic (exact) mass is 304 g/mol. The molecule has 0 fully saturated rings. The van der Waals surface area contributed by atoms with E-state index in [1.54, 1.807) is 0 Å². The predicted octanol–water partition coefficient (Wildman–Crippen LogP) is 2.47. The number of carbonyl (C=O) groups is 1. The summed E-state index contributed by atoms with van der Waals surface area (Å²) in [5, 5.41) is 36.8. The number of carboxylic acid groups (broad SMARTS) is 1. The summed E-state index contributed by atoms with van der Waals surface area (Å²) in [6.07, 6.45) is 8.25. The van der Waals surface area contributed by atoms with Gasteiger partial charge in [-0.1, -0.05) is 44.9 Å². The van der Waals surface area contributed by atoms with Crippen molar-refractivity contribution in [3.63, 3.8) is 0 Å².